The second-order valence-electron chi connectivity index (χ2n) is 5.56. The number of piperazine rings is 1. The molecule has 0 bridgehead atoms. The maximum Gasteiger partial charge on any atom is 0.352 e. The highest BCUT2D eigenvalue weighted by Gasteiger charge is 2.36. The first-order chi connectivity index (χ1) is 10.4. The van der Waals surface area contributed by atoms with Gasteiger partial charge in [-0.2, -0.15) is 4.31 Å². The average molecular weight is 327 g/mol. The Morgan fingerprint density at radius 1 is 1.18 bits per heavy atom. The molecule has 1 aromatic rings. The zero-order chi connectivity index (χ0) is 15.9. The summed E-state index contributed by atoms with van der Waals surface area (Å²) in [6, 6.07) is 1.11. The number of carbonyl (C=O) groups is 2. The van der Waals surface area contributed by atoms with E-state index in [4.69, 9.17) is 5.11 Å². The molecule has 2 fully saturated rings. The molecular formula is C13H17N3O5S. The van der Waals surface area contributed by atoms with E-state index in [1.54, 1.807) is 4.90 Å². The predicted octanol–water partition coefficient (Wildman–Crippen LogP) is -0.0442. The maximum absolute atomic E-state index is 12.5. The van der Waals surface area contributed by atoms with Crippen LogP contribution in [0.3, 0.4) is 0 Å². The van der Waals surface area contributed by atoms with Gasteiger partial charge in [-0.1, -0.05) is 0 Å². The Kier molecular flexibility index (Phi) is 3.69. The number of hydrogen-bond acceptors (Lipinski definition) is 4. The lowest BCUT2D eigenvalue weighted by Gasteiger charge is -2.33. The molecule has 2 N–H and O–H groups in total. The molecular weight excluding hydrogens is 310 g/mol. The SMILES string of the molecule is O=C(O)c1cc(S(=O)(=O)N2CCN(C(=O)C3CC3)CC2)c[nH]1. The van der Waals surface area contributed by atoms with E-state index >= 15 is 0 Å². The number of aromatic nitrogens is 1. The standard InChI is InChI=1S/C13H17N3O5S/c17-12(9-1-2-9)15-3-5-16(6-4-15)22(20,21)10-7-11(13(18)19)14-8-10/h7-9,14H,1-6H2,(H,18,19). The molecule has 9 heteroatoms. The molecule has 22 heavy (non-hydrogen) atoms. The summed E-state index contributed by atoms with van der Waals surface area (Å²) in [6.07, 6.45) is 3.04. The van der Waals surface area contributed by atoms with Crippen LogP contribution >= 0.6 is 0 Å². The highest BCUT2D eigenvalue weighted by Crippen LogP contribution is 2.31. The van der Waals surface area contributed by atoms with E-state index in [-0.39, 0.29) is 35.5 Å². The van der Waals surface area contributed by atoms with Crippen molar-refractivity contribution < 1.29 is 23.1 Å². The fraction of sp³-hybridized carbons (Fsp3) is 0.538. The Bertz CT molecular complexity index is 699. The van der Waals surface area contributed by atoms with Crippen LogP contribution in [0.15, 0.2) is 17.2 Å². The molecule has 1 aliphatic carbocycles. The zero-order valence-electron chi connectivity index (χ0n) is 11.9. The molecule has 2 aliphatic rings. The molecule has 1 amide bonds. The summed E-state index contributed by atoms with van der Waals surface area (Å²) in [5.41, 5.74) is -0.166. The van der Waals surface area contributed by atoms with Gasteiger partial charge in [0.25, 0.3) is 0 Å². The van der Waals surface area contributed by atoms with Gasteiger partial charge in [0, 0.05) is 38.3 Å². The van der Waals surface area contributed by atoms with Crippen molar-refractivity contribution in [3.63, 3.8) is 0 Å². The van der Waals surface area contributed by atoms with Crippen LogP contribution in [0, 0.1) is 5.92 Å². The van der Waals surface area contributed by atoms with Crippen LogP contribution in [-0.4, -0.2) is 65.8 Å². The van der Waals surface area contributed by atoms with Gasteiger partial charge < -0.3 is 15.0 Å². The lowest BCUT2D eigenvalue weighted by atomic mass is 10.3. The monoisotopic (exact) mass is 327 g/mol. The maximum atomic E-state index is 12.5. The van der Waals surface area contributed by atoms with Crippen molar-refractivity contribution in [2.75, 3.05) is 26.2 Å². The van der Waals surface area contributed by atoms with E-state index in [1.807, 2.05) is 0 Å². The molecule has 0 unspecified atom stereocenters. The van der Waals surface area contributed by atoms with E-state index in [0.29, 0.717) is 13.1 Å². The highest BCUT2D eigenvalue weighted by molar-refractivity contribution is 7.89. The molecule has 0 radical (unpaired) electrons. The van der Waals surface area contributed by atoms with Gasteiger partial charge in [0.05, 0.1) is 0 Å². The van der Waals surface area contributed by atoms with Crippen molar-refractivity contribution in [1.82, 2.24) is 14.2 Å². The summed E-state index contributed by atoms with van der Waals surface area (Å²) in [7, 11) is -3.73. The van der Waals surface area contributed by atoms with Crippen molar-refractivity contribution in [2.24, 2.45) is 5.92 Å². The number of amides is 1. The van der Waals surface area contributed by atoms with E-state index < -0.39 is 16.0 Å². The minimum atomic E-state index is -3.73. The number of aromatic carboxylic acids is 1. The normalized spacial score (nSPS) is 20.1. The van der Waals surface area contributed by atoms with Gasteiger partial charge in [0.1, 0.15) is 10.6 Å². The van der Waals surface area contributed by atoms with Gasteiger partial charge in [0.2, 0.25) is 15.9 Å². The van der Waals surface area contributed by atoms with Gasteiger partial charge in [-0.3, -0.25) is 4.79 Å². The summed E-state index contributed by atoms with van der Waals surface area (Å²) in [5, 5.41) is 8.84. The Morgan fingerprint density at radius 2 is 1.82 bits per heavy atom. The van der Waals surface area contributed by atoms with Crippen LogP contribution < -0.4 is 0 Å². The molecule has 2 heterocycles. The van der Waals surface area contributed by atoms with Crippen LogP contribution in [0.5, 0.6) is 0 Å². The molecule has 1 saturated carbocycles. The van der Waals surface area contributed by atoms with Crippen molar-refractivity contribution in [2.45, 2.75) is 17.7 Å². The lowest BCUT2D eigenvalue weighted by Crippen LogP contribution is -2.50. The molecule has 1 aromatic heterocycles. The topological polar surface area (TPSA) is 111 Å². The zero-order valence-corrected chi connectivity index (χ0v) is 12.7. The van der Waals surface area contributed by atoms with Crippen LogP contribution in [-0.2, 0) is 14.8 Å². The average Bonchev–Trinajstić information content (AvgIpc) is 3.21. The quantitative estimate of drug-likeness (QED) is 0.806. The van der Waals surface area contributed by atoms with Crippen molar-refractivity contribution >= 4 is 21.9 Å². The third-order valence-electron chi connectivity index (χ3n) is 4.00. The Hall–Kier alpha value is -1.87. The number of hydrogen-bond donors (Lipinski definition) is 2. The summed E-state index contributed by atoms with van der Waals surface area (Å²) in [5.74, 6) is -0.959. The van der Waals surface area contributed by atoms with E-state index in [2.05, 4.69) is 4.98 Å². The lowest BCUT2D eigenvalue weighted by molar-refractivity contribution is -0.133. The smallest absolute Gasteiger partial charge is 0.352 e. The second kappa shape index (κ2) is 5.40. The first-order valence-corrected chi connectivity index (χ1v) is 8.54. The van der Waals surface area contributed by atoms with Crippen molar-refractivity contribution in [3.8, 4) is 0 Å². The van der Waals surface area contributed by atoms with Gasteiger partial charge in [-0.15, -0.1) is 0 Å². The third kappa shape index (κ3) is 2.73. The number of rotatable bonds is 4. The Labute approximate surface area is 127 Å². The molecule has 3 rings (SSSR count). The van der Waals surface area contributed by atoms with Gasteiger partial charge >= 0.3 is 5.97 Å². The summed E-state index contributed by atoms with van der Waals surface area (Å²) < 4.78 is 26.2. The van der Waals surface area contributed by atoms with Gasteiger partial charge in [-0.05, 0) is 18.9 Å². The molecule has 1 aliphatic heterocycles. The number of carbonyl (C=O) groups excluding carboxylic acids is 1. The molecule has 0 atom stereocenters. The largest absolute Gasteiger partial charge is 0.477 e. The number of sulfonamides is 1. The first-order valence-electron chi connectivity index (χ1n) is 7.10. The van der Waals surface area contributed by atoms with Crippen molar-refractivity contribution in [3.05, 3.63) is 18.0 Å². The first kappa shape index (κ1) is 15.0. The molecule has 120 valence electrons. The number of nitrogens with zero attached hydrogens (tertiary/aromatic N) is 2. The number of H-pyrrole nitrogens is 1. The van der Waals surface area contributed by atoms with E-state index in [0.717, 1.165) is 18.9 Å². The summed E-state index contributed by atoms with van der Waals surface area (Å²) in [4.78, 5) is 26.9. The fourth-order valence-corrected chi connectivity index (χ4v) is 3.95. The Morgan fingerprint density at radius 3 is 2.32 bits per heavy atom. The summed E-state index contributed by atoms with van der Waals surface area (Å²) >= 11 is 0. The van der Waals surface area contributed by atoms with Crippen molar-refractivity contribution in [1.29, 1.82) is 0 Å². The van der Waals surface area contributed by atoms with Gasteiger partial charge in [-0.25, -0.2) is 13.2 Å². The molecule has 8 nitrogen and oxygen atoms in total. The minimum absolute atomic E-state index is 0.0631. The molecule has 1 saturated heterocycles. The molecule has 0 aromatic carbocycles. The Balaban J connectivity index is 1.68. The molecule has 0 spiro atoms. The number of carboxylic acids is 1. The van der Waals surface area contributed by atoms with Crippen LogP contribution in [0.1, 0.15) is 23.3 Å². The van der Waals surface area contributed by atoms with Crippen LogP contribution in [0.25, 0.3) is 0 Å². The minimum Gasteiger partial charge on any atom is -0.477 e. The van der Waals surface area contributed by atoms with E-state index in [9.17, 15) is 18.0 Å². The highest BCUT2D eigenvalue weighted by atomic mass is 32.2. The number of nitrogens with one attached hydrogen (secondary N) is 1. The van der Waals surface area contributed by atoms with E-state index in [1.165, 1.54) is 10.5 Å². The number of aromatic amines is 1. The number of carboxylic acid groups (broad SMARTS) is 1. The summed E-state index contributed by atoms with van der Waals surface area (Å²) in [6.45, 7) is 1.22. The third-order valence-corrected chi connectivity index (χ3v) is 5.88. The van der Waals surface area contributed by atoms with Gasteiger partial charge in [0.15, 0.2) is 0 Å². The fourth-order valence-electron chi connectivity index (χ4n) is 2.53. The van der Waals surface area contributed by atoms with Crippen LogP contribution in [0.4, 0.5) is 0 Å². The predicted molar refractivity (Wildman–Crippen MR) is 75.8 cm³/mol. The second-order valence-corrected chi connectivity index (χ2v) is 7.50. The van der Waals surface area contributed by atoms with Crippen LogP contribution in [0.2, 0.25) is 0 Å².